The van der Waals surface area contributed by atoms with Gasteiger partial charge in [0.2, 0.25) is 10.0 Å². The predicted octanol–water partition coefficient (Wildman–Crippen LogP) is 2.69. The molecule has 26 heavy (non-hydrogen) atoms. The monoisotopic (exact) mass is 377 g/mol. The van der Waals surface area contributed by atoms with E-state index in [1.807, 2.05) is 0 Å². The molecule has 0 aromatic heterocycles. The first-order valence-electron chi connectivity index (χ1n) is 8.10. The summed E-state index contributed by atoms with van der Waals surface area (Å²) in [6.45, 7) is 1.63. The van der Waals surface area contributed by atoms with E-state index in [2.05, 4.69) is 9.82 Å². The molecule has 1 aliphatic rings. The first-order chi connectivity index (χ1) is 12.2. The molecule has 3 rings (SSSR count). The standard InChI is InChI=1S/C18H20FN3O3S/c1-12(23)22-18(14-3-7-15(19)8-4-14)11-17(20-22)13-5-9-16(10-6-13)21-26(2,24)25/h3-10,12,18,21,23H,11H2,1-2H3. The summed E-state index contributed by atoms with van der Waals surface area (Å²) in [5.41, 5.74) is 2.93. The number of aliphatic hydroxyl groups excluding tert-OH is 1. The molecule has 0 saturated carbocycles. The molecule has 0 bridgehead atoms. The Kier molecular flexibility index (Phi) is 4.97. The van der Waals surface area contributed by atoms with Crippen molar-refractivity contribution < 1.29 is 17.9 Å². The van der Waals surface area contributed by atoms with Crippen LogP contribution in [0.3, 0.4) is 0 Å². The van der Waals surface area contributed by atoms with Crippen LogP contribution in [-0.2, 0) is 10.0 Å². The maximum Gasteiger partial charge on any atom is 0.229 e. The summed E-state index contributed by atoms with van der Waals surface area (Å²) in [5.74, 6) is -0.314. The molecule has 2 aromatic rings. The van der Waals surface area contributed by atoms with Crippen molar-refractivity contribution in [1.82, 2.24) is 5.01 Å². The van der Waals surface area contributed by atoms with Crippen LogP contribution in [0.25, 0.3) is 0 Å². The van der Waals surface area contributed by atoms with Gasteiger partial charge < -0.3 is 5.11 Å². The summed E-state index contributed by atoms with van der Waals surface area (Å²) in [4.78, 5) is 0. The first kappa shape index (κ1) is 18.3. The molecule has 2 unspecified atom stereocenters. The van der Waals surface area contributed by atoms with Crippen LogP contribution in [0.1, 0.15) is 30.5 Å². The molecule has 1 heterocycles. The molecule has 8 heteroatoms. The highest BCUT2D eigenvalue weighted by atomic mass is 32.2. The summed E-state index contributed by atoms with van der Waals surface area (Å²) in [6.07, 6.45) is 0.847. The Morgan fingerprint density at radius 1 is 1.19 bits per heavy atom. The second-order valence-corrected chi connectivity index (χ2v) is 8.03. The van der Waals surface area contributed by atoms with Crippen LogP contribution in [0.4, 0.5) is 10.1 Å². The van der Waals surface area contributed by atoms with Crippen LogP contribution < -0.4 is 4.72 Å². The second-order valence-electron chi connectivity index (χ2n) is 6.28. The highest BCUT2D eigenvalue weighted by Gasteiger charge is 2.31. The summed E-state index contributed by atoms with van der Waals surface area (Å²) in [5, 5.41) is 16.1. The third-order valence-corrected chi connectivity index (χ3v) is 4.71. The first-order valence-corrected chi connectivity index (χ1v) is 9.99. The normalized spacial score (nSPS) is 18.5. The fraction of sp³-hybridized carbons (Fsp3) is 0.278. The number of hydrogen-bond donors (Lipinski definition) is 2. The van der Waals surface area contributed by atoms with Crippen LogP contribution in [0.2, 0.25) is 0 Å². The third kappa shape index (κ3) is 4.20. The van der Waals surface area contributed by atoms with Gasteiger partial charge in [-0.15, -0.1) is 0 Å². The largest absolute Gasteiger partial charge is 0.372 e. The van der Waals surface area contributed by atoms with Crippen LogP contribution in [0.5, 0.6) is 0 Å². The summed E-state index contributed by atoms with van der Waals surface area (Å²) in [6, 6.07) is 12.8. The molecule has 0 aliphatic carbocycles. The predicted molar refractivity (Wildman–Crippen MR) is 98.7 cm³/mol. The molecule has 1 aliphatic heterocycles. The lowest BCUT2D eigenvalue weighted by Crippen LogP contribution is -2.28. The number of aliphatic hydroxyl groups is 1. The Bertz CT molecular complexity index is 910. The fourth-order valence-electron chi connectivity index (χ4n) is 2.95. The number of sulfonamides is 1. The molecule has 138 valence electrons. The minimum atomic E-state index is -3.33. The van der Waals surface area contributed by atoms with Crippen molar-refractivity contribution in [1.29, 1.82) is 0 Å². The number of anilines is 1. The number of nitrogens with zero attached hydrogens (tertiary/aromatic N) is 2. The second kappa shape index (κ2) is 7.05. The average molecular weight is 377 g/mol. The SMILES string of the molecule is CC(O)N1N=C(c2ccc(NS(C)(=O)=O)cc2)CC1c1ccc(F)cc1. The van der Waals surface area contributed by atoms with Crippen LogP contribution in [0.15, 0.2) is 53.6 Å². The third-order valence-electron chi connectivity index (χ3n) is 4.10. The summed E-state index contributed by atoms with van der Waals surface area (Å²) in [7, 11) is -3.33. The molecule has 0 amide bonds. The van der Waals surface area contributed by atoms with Gasteiger partial charge in [-0.2, -0.15) is 5.10 Å². The van der Waals surface area contributed by atoms with Crippen LogP contribution >= 0.6 is 0 Å². The van der Waals surface area contributed by atoms with Crippen LogP contribution in [-0.4, -0.2) is 36.7 Å². The van der Waals surface area contributed by atoms with Crippen LogP contribution in [0, 0.1) is 5.82 Å². The highest BCUT2D eigenvalue weighted by molar-refractivity contribution is 7.92. The van der Waals surface area contributed by atoms with Gasteiger partial charge in [-0.05, 0) is 42.3 Å². The lowest BCUT2D eigenvalue weighted by Gasteiger charge is -2.26. The zero-order valence-electron chi connectivity index (χ0n) is 14.4. The zero-order valence-corrected chi connectivity index (χ0v) is 15.2. The minimum Gasteiger partial charge on any atom is -0.372 e. The average Bonchev–Trinajstić information content (AvgIpc) is 3.00. The Balaban J connectivity index is 1.84. The van der Waals surface area contributed by atoms with Gasteiger partial charge in [0.05, 0.1) is 18.0 Å². The van der Waals surface area contributed by atoms with E-state index in [9.17, 15) is 17.9 Å². The molecule has 2 atom stereocenters. The van der Waals surface area contributed by atoms with Crippen molar-refractivity contribution in [3.63, 3.8) is 0 Å². The van der Waals surface area contributed by atoms with Gasteiger partial charge in [0.15, 0.2) is 0 Å². The number of nitrogens with one attached hydrogen (secondary N) is 1. The molecule has 0 saturated heterocycles. The molecular formula is C18H20FN3O3S. The lowest BCUT2D eigenvalue weighted by atomic mass is 9.98. The molecule has 0 spiro atoms. The van der Waals surface area contributed by atoms with E-state index in [4.69, 9.17) is 0 Å². The van der Waals surface area contributed by atoms with E-state index in [0.29, 0.717) is 12.1 Å². The Morgan fingerprint density at radius 3 is 2.35 bits per heavy atom. The van der Waals surface area contributed by atoms with Crippen molar-refractivity contribution in [3.05, 3.63) is 65.5 Å². The lowest BCUT2D eigenvalue weighted by molar-refractivity contribution is -0.000946. The van der Waals surface area contributed by atoms with E-state index < -0.39 is 16.3 Å². The number of benzene rings is 2. The Labute approximate surface area is 152 Å². The van der Waals surface area contributed by atoms with Crippen molar-refractivity contribution in [2.75, 3.05) is 11.0 Å². The quantitative estimate of drug-likeness (QED) is 0.839. The van der Waals surface area contributed by atoms with Gasteiger partial charge in [0, 0.05) is 12.1 Å². The van der Waals surface area contributed by atoms with Crippen molar-refractivity contribution in [3.8, 4) is 0 Å². The van der Waals surface area contributed by atoms with Gasteiger partial charge in [-0.3, -0.25) is 9.73 Å². The van der Waals surface area contributed by atoms with E-state index in [-0.39, 0.29) is 11.9 Å². The summed E-state index contributed by atoms with van der Waals surface area (Å²) < 4.78 is 38.2. The molecule has 2 aromatic carbocycles. The summed E-state index contributed by atoms with van der Waals surface area (Å²) >= 11 is 0. The topological polar surface area (TPSA) is 82.0 Å². The number of halogens is 1. The van der Waals surface area contributed by atoms with Gasteiger partial charge in [-0.1, -0.05) is 24.3 Å². The maximum atomic E-state index is 13.2. The molecule has 6 nitrogen and oxygen atoms in total. The van der Waals surface area contributed by atoms with E-state index >= 15 is 0 Å². The molecule has 2 N–H and O–H groups in total. The van der Waals surface area contributed by atoms with Gasteiger partial charge in [-0.25, -0.2) is 12.8 Å². The van der Waals surface area contributed by atoms with Gasteiger partial charge >= 0.3 is 0 Å². The van der Waals surface area contributed by atoms with Crippen molar-refractivity contribution in [2.24, 2.45) is 5.10 Å². The minimum absolute atomic E-state index is 0.195. The Morgan fingerprint density at radius 2 is 1.81 bits per heavy atom. The highest BCUT2D eigenvalue weighted by Crippen LogP contribution is 2.34. The van der Waals surface area contributed by atoms with E-state index in [1.54, 1.807) is 48.3 Å². The number of hydrogen-bond acceptors (Lipinski definition) is 5. The number of hydrazone groups is 1. The van der Waals surface area contributed by atoms with Crippen molar-refractivity contribution in [2.45, 2.75) is 25.6 Å². The fourth-order valence-corrected chi connectivity index (χ4v) is 3.51. The van der Waals surface area contributed by atoms with E-state index in [0.717, 1.165) is 23.1 Å². The van der Waals surface area contributed by atoms with E-state index in [1.165, 1.54) is 12.1 Å². The van der Waals surface area contributed by atoms with Gasteiger partial charge in [0.1, 0.15) is 12.0 Å². The maximum absolute atomic E-state index is 13.2. The number of rotatable bonds is 5. The molecule has 0 radical (unpaired) electrons. The van der Waals surface area contributed by atoms with Gasteiger partial charge in [0.25, 0.3) is 0 Å². The smallest absolute Gasteiger partial charge is 0.229 e. The molecule has 0 fully saturated rings. The van der Waals surface area contributed by atoms with Crippen molar-refractivity contribution >= 4 is 21.4 Å². The zero-order chi connectivity index (χ0) is 18.9. The molecular weight excluding hydrogens is 357 g/mol. The Hall–Kier alpha value is -2.45.